The maximum absolute atomic E-state index is 12.7. The Labute approximate surface area is 162 Å². The van der Waals surface area contributed by atoms with Crippen molar-refractivity contribution in [2.75, 3.05) is 18.1 Å². The van der Waals surface area contributed by atoms with Crippen LogP contribution in [0.15, 0.2) is 28.7 Å². The molecular weight excluding hydrogens is 418 g/mol. The molecule has 140 valence electrons. The number of carbonyl (C=O) groups excluding carboxylic acids is 1. The van der Waals surface area contributed by atoms with E-state index in [0.29, 0.717) is 17.7 Å². The van der Waals surface area contributed by atoms with Crippen molar-refractivity contribution in [1.29, 1.82) is 0 Å². The van der Waals surface area contributed by atoms with Gasteiger partial charge in [0, 0.05) is 23.0 Å². The van der Waals surface area contributed by atoms with Crippen LogP contribution in [0.5, 0.6) is 5.75 Å². The van der Waals surface area contributed by atoms with Crippen LogP contribution in [0.4, 0.5) is 0 Å². The number of sulfone groups is 1. The highest BCUT2D eigenvalue weighted by Gasteiger charge is 2.31. The number of nitrogens with zero attached hydrogens (tertiary/aromatic N) is 1. The number of hydrogen-bond donors (Lipinski definition) is 0. The second-order valence-corrected chi connectivity index (χ2v) is 9.94. The van der Waals surface area contributed by atoms with Gasteiger partial charge >= 0.3 is 0 Å². The second-order valence-electron chi connectivity index (χ2n) is 6.86. The van der Waals surface area contributed by atoms with Gasteiger partial charge in [-0.3, -0.25) is 4.79 Å². The zero-order valence-electron chi connectivity index (χ0n) is 15.1. The maximum atomic E-state index is 12.7. The van der Waals surface area contributed by atoms with Crippen molar-refractivity contribution in [3.63, 3.8) is 0 Å². The Hall–Kier alpha value is -1.60. The van der Waals surface area contributed by atoms with Gasteiger partial charge in [-0.25, -0.2) is 8.42 Å². The van der Waals surface area contributed by atoms with Crippen molar-refractivity contribution in [2.24, 2.45) is 0 Å². The molecule has 5 nitrogen and oxygen atoms in total. The van der Waals surface area contributed by atoms with Crippen LogP contribution < -0.4 is 4.74 Å². The average molecular weight is 440 g/mol. The molecule has 0 amide bonds. The van der Waals surface area contributed by atoms with Crippen LogP contribution in [0.3, 0.4) is 0 Å². The summed E-state index contributed by atoms with van der Waals surface area (Å²) in [6, 6.07) is 7.44. The van der Waals surface area contributed by atoms with E-state index in [4.69, 9.17) is 4.74 Å². The van der Waals surface area contributed by atoms with E-state index in [1.807, 2.05) is 49.6 Å². The smallest absolute Gasteiger partial charge is 0.202 e. The van der Waals surface area contributed by atoms with Gasteiger partial charge in [-0.15, -0.1) is 0 Å². The number of benzene rings is 1. The number of carbonyl (C=O) groups is 1. The third kappa shape index (κ3) is 3.88. The van der Waals surface area contributed by atoms with E-state index in [1.165, 1.54) is 0 Å². The quantitative estimate of drug-likeness (QED) is 0.664. The van der Waals surface area contributed by atoms with Crippen molar-refractivity contribution in [3.8, 4) is 5.75 Å². The summed E-state index contributed by atoms with van der Waals surface area (Å²) >= 11 is 3.44. The number of ether oxygens (including phenoxy) is 1. The van der Waals surface area contributed by atoms with Crippen LogP contribution in [0, 0.1) is 20.8 Å². The molecule has 0 unspecified atom stereocenters. The van der Waals surface area contributed by atoms with Crippen LogP contribution >= 0.6 is 15.9 Å². The third-order valence-corrected chi connectivity index (χ3v) is 7.17. The van der Waals surface area contributed by atoms with Gasteiger partial charge in [-0.1, -0.05) is 6.07 Å². The predicted molar refractivity (Wildman–Crippen MR) is 105 cm³/mol. The van der Waals surface area contributed by atoms with Crippen molar-refractivity contribution in [2.45, 2.75) is 33.2 Å². The standard InChI is InChI=1S/C19H22BrNO4S/c1-12-4-5-19(17(20)8-12)25-10-18(22)16-9-13(2)21(14(16)3)15-6-7-26(23,24)11-15/h4-5,8-9,15H,6-7,10-11H2,1-3H3/t15-/m0/s1. The summed E-state index contributed by atoms with van der Waals surface area (Å²) in [5.74, 6) is 0.865. The van der Waals surface area contributed by atoms with Crippen LogP contribution in [0.1, 0.15) is 39.8 Å². The summed E-state index contributed by atoms with van der Waals surface area (Å²) in [7, 11) is -2.98. The SMILES string of the molecule is Cc1ccc(OCC(=O)c2cc(C)n([C@H]3CCS(=O)(=O)C3)c2C)c(Br)c1. The first kappa shape index (κ1) is 19.2. The highest BCUT2D eigenvalue weighted by Crippen LogP contribution is 2.30. The molecule has 2 heterocycles. The van der Waals surface area contributed by atoms with Gasteiger partial charge < -0.3 is 9.30 Å². The summed E-state index contributed by atoms with van der Waals surface area (Å²) in [4.78, 5) is 12.7. The van der Waals surface area contributed by atoms with E-state index in [9.17, 15) is 13.2 Å². The highest BCUT2D eigenvalue weighted by atomic mass is 79.9. The Kier molecular flexibility index (Phi) is 5.30. The topological polar surface area (TPSA) is 65.4 Å². The van der Waals surface area contributed by atoms with E-state index < -0.39 is 9.84 Å². The lowest BCUT2D eigenvalue weighted by atomic mass is 10.1. The molecule has 1 aliphatic heterocycles. The van der Waals surface area contributed by atoms with E-state index in [2.05, 4.69) is 15.9 Å². The summed E-state index contributed by atoms with van der Waals surface area (Å²) < 4.78 is 32.0. The van der Waals surface area contributed by atoms with Crippen LogP contribution in [-0.2, 0) is 9.84 Å². The lowest BCUT2D eigenvalue weighted by molar-refractivity contribution is 0.0920. The molecule has 1 atom stereocenters. The number of aromatic nitrogens is 1. The van der Waals surface area contributed by atoms with Crippen molar-refractivity contribution < 1.29 is 17.9 Å². The van der Waals surface area contributed by atoms with Gasteiger partial charge in [0.25, 0.3) is 0 Å². The van der Waals surface area contributed by atoms with E-state index in [1.54, 1.807) is 0 Å². The van der Waals surface area contributed by atoms with Gasteiger partial charge in [0.15, 0.2) is 16.4 Å². The summed E-state index contributed by atoms with van der Waals surface area (Å²) in [6.45, 7) is 5.70. The Bertz CT molecular complexity index is 962. The van der Waals surface area contributed by atoms with Crippen molar-refractivity contribution in [1.82, 2.24) is 4.57 Å². The van der Waals surface area contributed by atoms with Crippen LogP contribution in [-0.4, -0.2) is 36.9 Å². The number of Topliss-reactive ketones (excluding diaryl/α,β-unsaturated/α-hetero) is 1. The lowest BCUT2D eigenvalue weighted by Gasteiger charge is -2.16. The van der Waals surface area contributed by atoms with Crippen LogP contribution in [0.25, 0.3) is 0 Å². The van der Waals surface area contributed by atoms with Gasteiger partial charge in [0.1, 0.15) is 5.75 Å². The highest BCUT2D eigenvalue weighted by molar-refractivity contribution is 9.10. The fourth-order valence-electron chi connectivity index (χ4n) is 3.54. The molecule has 2 aromatic rings. The van der Waals surface area contributed by atoms with Gasteiger partial charge in [-0.2, -0.15) is 0 Å². The predicted octanol–water partition coefficient (Wildman–Crippen LogP) is 3.80. The molecule has 1 fully saturated rings. The number of aryl methyl sites for hydroxylation is 2. The first-order valence-electron chi connectivity index (χ1n) is 8.49. The third-order valence-electron chi connectivity index (χ3n) is 4.80. The fourth-order valence-corrected chi connectivity index (χ4v) is 5.85. The molecule has 0 bridgehead atoms. The Morgan fingerprint density at radius 2 is 2.00 bits per heavy atom. The molecule has 0 spiro atoms. The molecule has 1 aliphatic rings. The lowest BCUT2D eigenvalue weighted by Crippen LogP contribution is -2.16. The molecule has 0 aliphatic carbocycles. The maximum Gasteiger partial charge on any atom is 0.202 e. The minimum Gasteiger partial charge on any atom is -0.484 e. The first-order chi connectivity index (χ1) is 12.2. The number of ketones is 1. The molecule has 26 heavy (non-hydrogen) atoms. The average Bonchev–Trinajstić information content (AvgIpc) is 3.05. The Morgan fingerprint density at radius 1 is 1.27 bits per heavy atom. The molecule has 1 aromatic heterocycles. The van der Waals surface area contributed by atoms with E-state index in [-0.39, 0.29) is 29.9 Å². The second kappa shape index (κ2) is 7.19. The Balaban J connectivity index is 1.77. The zero-order valence-corrected chi connectivity index (χ0v) is 17.5. The minimum atomic E-state index is -2.98. The number of halogens is 1. The fraction of sp³-hybridized carbons (Fsp3) is 0.421. The first-order valence-corrected chi connectivity index (χ1v) is 11.1. The zero-order chi connectivity index (χ0) is 19.1. The van der Waals surface area contributed by atoms with Gasteiger partial charge in [-0.05, 0) is 66.9 Å². The molecule has 1 saturated heterocycles. The van der Waals surface area contributed by atoms with Crippen molar-refractivity contribution in [3.05, 3.63) is 51.3 Å². The van der Waals surface area contributed by atoms with Crippen molar-refractivity contribution >= 4 is 31.6 Å². The van der Waals surface area contributed by atoms with Gasteiger partial charge in [0.05, 0.1) is 16.0 Å². The normalized spacial score (nSPS) is 18.8. The molecule has 1 aromatic carbocycles. The number of hydrogen-bond acceptors (Lipinski definition) is 4. The minimum absolute atomic E-state index is 0.0606. The van der Waals surface area contributed by atoms with Gasteiger partial charge in [0.2, 0.25) is 5.78 Å². The van der Waals surface area contributed by atoms with E-state index >= 15 is 0 Å². The molecular formula is C19H22BrNO4S. The van der Waals surface area contributed by atoms with Crippen LogP contribution in [0.2, 0.25) is 0 Å². The Morgan fingerprint density at radius 3 is 2.62 bits per heavy atom. The molecule has 7 heteroatoms. The number of rotatable bonds is 5. The monoisotopic (exact) mass is 439 g/mol. The summed E-state index contributed by atoms with van der Waals surface area (Å²) in [5, 5.41) is 0. The molecule has 0 radical (unpaired) electrons. The summed E-state index contributed by atoms with van der Waals surface area (Å²) in [5.41, 5.74) is 3.41. The molecule has 3 rings (SSSR count). The molecule has 0 saturated carbocycles. The largest absolute Gasteiger partial charge is 0.484 e. The summed E-state index contributed by atoms with van der Waals surface area (Å²) in [6.07, 6.45) is 0.596. The molecule has 0 N–H and O–H groups in total. The van der Waals surface area contributed by atoms with E-state index in [0.717, 1.165) is 21.4 Å².